The summed E-state index contributed by atoms with van der Waals surface area (Å²) in [6, 6.07) is 4.86. The average molecular weight is 191 g/mol. The Morgan fingerprint density at radius 1 is 1.14 bits per heavy atom. The van der Waals surface area contributed by atoms with E-state index in [9.17, 15) is 9.59 Å². The van der Waals surface area contributed by atoms with Gasteiger partial charge in [-0.2, -0.15) is 0 Å². The van der Waals surface area contributed by atoms with Gasteiger partial charge in [0.2, 0.25) is 0 Å². The maximum atomic E-state index is 11.4. The molecule has 0 fully saturated rings. The Bertz CT molecular complexity index is 426. The Kier molecular flexibility index (Phi) is 1.83. The molecule has 1 heterocycles. The van der Waals surface area contributed by atoms with E-state index in [1.165, 1.54) is 0 Å². The molecule has 0 aliphatic carbocycles. The summed E-state index contributed by atoms with van der Waals surface area (Å²) >= 11 is 0. The third-order valence-corrected chi connectivity index (χ3v) is 2.15. The summed E-state index contributed by atoms with van der Waals surface area (Å²) < 4.78 is 0. The van der Waals surface area contributed by atoms with Crippen LogP contribution in [-0.4, -0.2) is 11.8 Å². The number of amides is 2. The molecule has 0 spiro atoms. The molecule has 0 saturated heterocycles. The lowest BCUT2D eigenvalue weighted by Crippen LogP contribution is -2.24. The van der Waals surface area contributed by atoms with Crippen molar-refractivity contribution < 1.29 is 9.59 Å². The molecule has 0 atom stereocenters. The van der Waals surface area contributed by atoms with Gasteiger partial charge in [-0.1, -0.05) is 12.1 Å². The number of rotatable bonds is 1. The molecule has 5 N–H and O–H groups in total. The minimum absolute atomic E-state index is 0.299. The van der Waals surface area contributed by atoms with Crippen molar-refractivity contribution in [3.63, 3.8) is 0 Å². The Balaban J connectivity index is 2.68. The minimum atomic E-state index is -0.749. The van der Waals surface area contributed by atoms with Crippen LogP contribution in [0.3, 0.4) is 0 Å². The van der Waals surface area contributed by atoms with Gasteiger partial charge in [0.1, 0.15) is 0 Å². The lowest BCUT2D eigenvalue weighted by Gasteiger charge is -2.08. The quantitative estimate of drug-likeness (QED) is 0.411. The van der Waals surface area contributed by atoms with E-state index in [0.717, 1.165) is 0 Å². The molecule has 0 saturated carbocycles. The van der Waals surface area contributed by atoms with Crippen LogP contribution >= 0.6 is 0 Å². The van der Waals surface area contributed by atoms with Crippen molar-refractivity contribution in [2.75, 3.05) is 0 Å². The first-order valence-corrected chi connectivity index (χ1v) is 4.11. The Morgan fingerprint density at radius 2 is 1.86 bits per heavy atom. The zero-order valence-corrected chi connectivity index (χ0v) is 7.28. The second kappa shape index (κ2) is 2.90. The van der Waals surface area contributed by atoms with Gasteiger partial charge in [-0.25, -0.2) is 0 Å². The molecular weight excluding hydrogens is 182 g/mol. The highest BCUT2D eigenvalue weighted by Crippen LogP contribution is 2.21. The average Bonchev–Trinajstić information content (AvgIpc) is 2.43. The van der Waals surface area contributed by atoms with Crippen LogP contribution in [0.2, 0.25) is 0 Å². The van der Waals surface area contributed by atoms with Crippen molar-refractivity contribution in [3.8, 4) is 0 Å². The van der Waals surface area contributed by atoms with Gasteiger partial charge in [0, 0.05) is 0 Å². The van der Waals surface area contributed by atoms with Gasteiger partial charge in [-0.15, -0.1) is 0 Å². The van der Waals surface area contributed by atoms with Crippen LogP contribution in [0, 0.1) is 0 Å². The van der Waals surface area contributed by atoms with Crippen LogP contribution in [-0.2, 0) is 0 Å². The number of fused-ring (bicyclic) bond motifs is 1. The van der Waals surface area contributed by atoms with E-state index in [4.69, 9.17) is 11.5 Å². The number of hydrogen-bond acceptors (Lipinski definition) is 4. The van der Waals surface area contributed by atoms with E-state index < -0.39 is 18.0 Å². The number of nitrogens with two attached hydrogens (primary N) is 2. The predicted octanol–water partition coefficient (Wildman–Crippen LogP) is -0.514. The third-order valence-electron chi connectivity index (χ3n) is 2.15. The molecule has 5 heteroatoms. The van der Waals surface area contributed by atoms with Gasteiger partial charge in [-0.05, 0) is 11.6 Å². The molecule has 5 nitrogen and oxygen atoms in total. The smallest absolute Gasteiger partial charge is 0.259 e. The Hall–Kier alpha value is -1.72. The maximum absolute atomic E-state index is 11.4. The van der Waals surface area contributed by atoms with E-state index in [2.05, 4.69) is 5.32 Å². The third kappa shape index (κ3) is 1.11. The number of benzene rings is 1. The molecule has 1 aliphatic heterocycles. The number of hydrogen-bond donors (Lipinski definition) is 3. The molecule has 14 heavy (non-hydrogen) atoms. The van der Waals surface area contributed by atoms with Crippen molar-refractivity contribution in [1.82, 2.24) is 5.32 Å². The lowest BCUT2D eigenvalue weighted by atomic mass is 10.0. The zero-order valence-electron chi connectivity index (χ0n) is 7.28. The normalized spacial score (nSPS) is 14.5. The summed E-state index contributed by atoms with van der Waals surface area (Å²) in [5, 5.41) is 2.19. The van der Waals surface area contributed by atoms with Gasteiger partial charge >= 0.3 is 0 Å². The standard InChI is InChI=1S/C9H9N3O2/c10-7(11)4-2-1-3-5-6(4)9(14)12-8(5)13/h1-3,7H,10-11H2,(H,12,13,14). The fraction of sp³-hybridized carbons (Fsp3) is 0.111. The maximum Gasteiger partial charge on any atom is 0.259 e. The van der Waals surface area contributed by atoms with E-state index in [1.807, 2.05) is 0 Å². The predicted molar refractivity (Wildman–Crippen MR) is 49.4 cm³/mol. The Labute approximate surface area is 80.1 Å². The van der Waals surface area contributed by atoms with Gasteiger partial charge in [-0.3, -0.25) is 14.9 Å². The van der Waals surface area contributed by atoms with Gasteiger partial charge < -0.3 is 11.5 Å². The van der Waals surface area contributed by atoms with E-state index in [-0.39, 0.29) is 0 Å². The Morgan fingerprint density at radius 3 is 2.50 bits per heavy atom. The van der Waals surface area contributed by atoms with Gasteiger partial charge in [0.25, 0.3) is 11.8 Å². The monoisotopic (exact) mass is 191 g/mol. The minimum Gasteiger partial charge on any atom is -0.312 e. The first-order chi connectivity index (χ1) is 6.61. The SMILES string of the molecule is NC(N)c1cccc2c1C(=O)NC2=O. The van der Waals surface area contributed by atoms with Crippen LogP contribution in [0.25, 0.3) is 0 Å². The fourth-order valence-corrected chi connectivity index (χ4v) is 1.52. The highest BCUT2D eigenvalue weighted by atomic mass is 16.2. The van der Waals surface area contributed by atoms with E-state index >= 15 is 0 Å². The summed E-state index contributed by atoms with van der Waals surface area (Å²) in [6.45, 7) is 0. The van der Waals surface area contributed by atoms with Crippen LogP contribution in [0.1, 0.15) is 32.4 Å². The van der Waals surface area contributed by atoms with Crippen molar-refractivity contribution >= 4 is 11.8 Å². The topological polar surface area (TPSA) is 98.2 Å². The summed E-state index contributed by atoms with van der Waals surface area (Å²) in [7, 11) is 0. The molecule has 0 radical (unpaired) electrons. The summed E-state index contributed by atoms with van der Waals surface area (Å²) in [5.41, 5.74) is 12.1. The van der Waals surface area contributed by atoms with Gasteiger partial charge in [0.15, 0.2) is 0 Å². The lowest BCUT2D eigenvalue weighted by molar-refractivity contribution is 0.0879. The first-order valence-electron chi connectivity index (χ1n) is 4.11. The largest absolute Gasteiger partial charge is 0.312 e. The molecule has 2 amide bonds. The van der Waals surface area contributed by atoms with Crippen LogP contribution in [0.4, 0.5) is 0 Å². The molecule has 1 aromatic rings. The van der Waals surface area contributed by atoms with Crippen LogP contribution < -0.4 is 16.8 Å². The molecule has 0 aromatic heterocycles. The highest BCUT2D eigenvalue weighted by Gasteiger charge is 2.29. The summed E-state index contributed by atoms with van der Waals surface area (Å²) in [4.78, 5) is 22.6. The van der Waals surface area contributed by atoms with Crippen molar-refractivity contribution in [3.05, 3.63) is 34.9 Å². The molecule has 1 aromatic carbocycles. The number of carbonyl (C=O) groups excluding carboxylic acids is 2. The second-order valence-electron chi connectivity index (χ2n) is 3.08. The number of imide groups is 1. The molecule has 2 rings (SSSR count). The van der Waals surface area contributed by atoms with Crippen molar-refractivity contribution in [2.45, 2.75) is 6.17 Å². The zero-order chi connectivity index (χ0) is 10.3. The van der Waals surface area contributed by atoms with Gasteiger partial charge in [0.05, 0.1) is 17.3 Å². The summed E-state index contributed by atoms with van der Waals surface area (Å²) in [6.07, 6.45) is -0.749. The van der Waals surface area contributed by atoms with E-state index in [0.29, 0.717) is 16.7 Å². The first kappa shape index (κ1) is 8.86. The second-order valence-corrected chi connectivity index (χ2v) is 3.08. The van der Waals surface area contributed by atoms with Crippen molar-refractivity contribution in [2.24, 2.45) is 11.5 Å². The molecule has 72 valence electrons. The molecule has 0 unspecified atom stereocenters. The van der Waals surface area contributed by atoms with E-state index in [1.54, 1.807) is 18.2 Å². The van der Waals surface area contributed by atoms with Crippen molar-refractivity contribution in [1.29, 1.82) is 0 Å². The van der Waals surface area contributed by atoms with Crippen LogP contribution in [0.5, 0.6) is 0 Å². The molecule has 1 aliphatic rings. The number of carbonyl (C=O) groups is 2. The molecule has 0 bridgehead atoms. The number of nitrogens with one attached hydrogen (secondary N) is 1. The fourth-order valence-electron chi connectivity index (χ4n) is 1.52. The molecular formula is C9H9N3O2. The summed E-state index contributed by atoms with van der Waals surface area (Å²) in [5.74, 6) is -0.825. The van der Waals surface area contributed by atoms with Crippen LogP contribution in [0.15, 0.2) is 18.2 Å². The highest BCUT2D eigenvalue weighted by molar-refractivity contribution is 6.22.